The number of benzene rings is 2. The molecule has 1 amide bonds. The van der Waals surface area contributed by atoms with Gasteiger partial charge in [0.05, 0.1) is 0 Å². The number of hydrogen-bond acceptors (Lipinski definition) is 2. The monoisotopic (exact) mass is 310 g/mol. The van der Waals surface area contributed by atoms with E-state index >= 15 is 0 Å². The zero-order valence-corrected chi connectivity index (χ0v) is 12.8. The Morgan fingerprint density at radius 3 is 2.52 bits per heavy atom. The fraction of sp³-hybridized carbons (Fsp3) is 0.211. The molecular weight excluding hydrogens is 291 g/mol. The second kappa shape index (κ2) is 7.20. The minimum atomic E-state index is -0.177. The summed E-state index contributed by atoms with van der Waals surface area (Å²) in [4.78, 5) is 14.4. The Kier molecular flexibility index (Phi) is 4.83. The van der Waals surface area contributed by atoms with Crippen LogP contribution in [-0.4, -0.2) is 23.9 Å². The van der Waals surface area contributed by atoms with Gasteiger partial charge in [-0.25, -0.2) is 4.39 Å². The van der Waals surface area contributed by atoms with Crippen LogP contribution in [0.15, 0.2) is 66.2 Å². The smallest absolute Gasteiger partial charge is 0.251 e. The fourth-order valence-corrected chi connectivity index (χ4v) is 2.66. The first-order chi connectivity index (χ1) is 11.2. The maximum Gasteiger partial charge on any atom is 0.251 e. The molecule has 1 N–H and O–H groups in total. The van der Waals surface area contributed by atoms with Gasteiger partial charge in [0, 0.05) is 36.5 Å². The average molecular weight is 310 g/mol. The summed E-state index contributed by atoms with van der Waals surface area (Å²) in [6, 6.07) is 16.2. The number of carbonyl (C=O) groups is 1. The van der Waals surface area contributed by atoms with Crippen molar-refractivity contribution in [3.63, 3.8) is 0 Å². The van der Waals surface area contributed by atoms with Crippen LogP contribution in [0.3, 0.4) is 0 Å². The first-order valence-corrected chi connectivity index (χ1v) is 7.73. The van der Waals surface area contributed by atoms with Crippen molar-refractivity contribution in [3.05, 3.63) is 77.6 Å². The van der Waals surface area contributed by atoms with Crippen molar-refractivity contribution in [3.8, 4) is 0 Å². The van der Waals surface area contributed by atoms with Gasteiger partial charge in [0.15, 0.2) is 0 Å². The van der Waals surface area contributed by atoms with Gasteiger partial charge in [0.2, 0.25) is 0 Å². The minimum Gasteiger partial charge on any atom is -0.322 e. The zero-order valence-electron chi connectivity index (χ0n) is 12.8. The van der Waals surface area contributed by atoms with Crippen LogP contribution in [0.25, 0.3) is 0 Å². The number of amides is 1. The van der Waals surface area contributed by atoms with Crippen molar-refractivity contribution < 1.29 is 9.18 Å². The maximum atomic E-state index is 13.7. The highest BCUT2D eigenvalue weighted by Gasteiger charge is 2.17. The van der Waals surface area contributed by atoms with Crippen LogP contribution in [-0.2, 0) is 11.3 Å². The highest BCUT2D eigenvalue weighted by Crippen LogP contribution is 2.17. The summed E-state index contributed by atoms with van der Waals surface area (Å²) >= 11 is 0. The van der Waals surface area contributed by atoms with Crippen molar-refractivity contribution in [2.45, 2.75) is 13.0 Å². The lowest BCUT2D eigenvalue weighted by atomic mass is 10.1. The van der Waals surface area contributed by atoms with Gasteiger partial charge in [-0.2, -0.15) is 0 Å². The van der Waals surface area contributed by atoms with E-state index in [1.807, 2.05) is 42.5 Å². The SMILES string of the molecule is O=C(Nc1ccccc1)C1=CCN(Cc2ccccc2F)CC1. The summed E-state index contributed by atoms with van der Waals surface area (Å²) in [5.74, 6) is -0.231. The van der Waals surface area contributed by atoms with Crippen molar-refractivity contribution in [1.29, 1.82) is 0 Å². The van der Waals surface area contributed by atoms with E-state index in [0.29, 0.717) is 25.1 Å². The van der Waals surface area contributed by atoms with E-state index < -0.39 is 0 Å². The number of hydrogen-bond donors (Lipinski definition) is 1. The molecule has 0 bridgehead atoms. The highest BCUT2D eigenvalue weighted by atomic mass is 19.1. The van der Waals surface area contributed by atoms with Gasteiger partial charge < -0.3 is 5.32 Å². The van der Waals surface area contributed by atoms with Crippen molar-refractivity contribution in [2.75, 3.05) is 18.4 Å². The van der Waals surface area contributed by atoms with E-state index in [0.717, 1.165) is 17.8 Å². The third-order valence-corrected chi connectivity index (χ3v) is 3.97. The van der Waals surface area contributed by atoms with Crippen LogP contribution in [0.5, 0.6) is 0 Å². The molecule has 0 spiro atoms. The van der Waals surface area contributed by atoms with Gasteiger partial charge in [-0.05, 0) is 24.6 Å². The van der Waals surface area contributed by atoms with Crippen LogP contribution in [0.1, 0.15) is 12.0 Å². The molecule has 0 unspecified atom stereocenters. The minimum absolute atomic E-state index is 0.0539. The predicted molar refractivity (Wildman–Crippen MR) is 89.4 cm³/mol. The third-order valence-electron chi connectivity index (χ3n) is 3.97. The number of halogens is 1. The Labute approximate surface area is 135 Å². The van der Waals surface area contributed by atoms with Crippen LogP contribution < -0.4 is 5.32 Å². The lowest BCUT2D eigenvalue weighted by Gasteiger charge is -2.26. The molecule has 1 aliphatic heterocycles. The highest BCUT2D eigenvalue weighted by molar-refractivity contribution is 6.03. The standard InChI is InChI=1S/C19H19FN2O/c20-18-9-5-4-6-16(18)14-22-12-10-15(11-13-22)19(23)21-17-7-2-1-3-8-17/h1-10H,11-14H2,(H,21,23). The van der Waals surface area contributed by atoms with Crippen molar-refractivity contribution in [1.82, 2.24) is 4.90 Å². The Morgan fingerprint density at radius 2 is 1.83 bits per heavy atom. The molecule has 1 aliphatic rings. The van der Waals surface area contributed by atoms with Crippen molar-refractivity contribution >= 4 is 11.6 Å². The zero-order chi connectivity index (χ0) is 16.1. The lowest BCUT2D eigenvalue weighted by Crippen LogP contribution is -2.31. The number of nitrogens with one attached hydrogen (secondary N) is 1. The molecule has 1 heterocycles. The molecule has 3 nitrogen and oxygen atoms in total. The van der Waals surface area contributed by atoms with Gasteiger partial charge in [0.1, 0.15) is 5.82 Å². The van der Waals surface area contributed by atoms with Crippen LogP contribution >= 0.6 is 0 Å². The number of carbonyl (C=O) groups excluding carboxylic acids is 1. The van der Waals surface area contributed by atoms with E-state index in [4.69, 9.17) is 0 Å². The largest absolute Gasteiger partial charge is 0.322 e. The molecule has 0 fully saturated rings. The number of nitrogens with zero attached hydrogens (tertiary/aromatic N) is 1. The third kappa shape index (κ3) is 4.05. The molecule has 0 radical (unpaired) electrons. The molecule has 0 atom stereocenters. The maximum absolute atomic E-state index is 13.7. The van der Waals surface area contributed by atoms with Gasteiger partial charge in [-0.1, -0.05) is 42.5 Å². The van der Waals surface area contributed by atoms with Crippen LogP contribution in [0.4, 0.5) is 10.1 Å². The molecule has 3 rings (SSSR count). The second-order valence-corrected chi connectivity index (χ2v) is 5.63. The Hall–Kier alpha value is -2.46. The van der Waals surface area contributed by atoms with Crippen molar-refractivity contribution in [2.24, 2.45) is 0 Å². The van der Waals surface area contributed by atoms with Gasteiger partial charge in [-0.3, -0.25) is 9.69 Å². The van der Waals surface area contributed by atoms with Gasteiger partial charge in [0.25, 0.3) is 5.91 Å². The van der Waals surface area contributed by atoms with E-state index in [-0.39, 0.29) is 11.7 Å². The number of anilines is 1. The summed E-state index contributed by atoms with van der Waals surface area (Å²) < 4.78 is 13.7. The Morgan fingerprint density at radius 1 is 1.09 bits per heavy atom. The van der Waals surface area contributed by atoms with E-state index in [9.17, 15) is 9.18 Å². The Balaban J connectivity index is 1.58. The lowest BCUT2D eigenvalue weighted by molar-refractivity contribution is -0.113. The summed E-state index contributed by atoms with van der Waals surface area (Å²) in [6.45, 7) is 1.98. The molecule has 0 aliphatic carbocycles. The molecular formula is C19H19FN2O. The normalized spacial score (nSPS) is 15.1. The molecule has 0 aromatic heterocycles. The topological polar surface area (TPSA) is 32.3 Å². The summed E-state index contributed by atoms with van der Waals surface area (Å²) in [5, 5.41) is 2.90. The van der Waals surface area contributed by atoms with Gasteiger partial charge >= 0.3 is 0 Å². The molecule has 0 saturated carbocycles. The predicted octanol–water partition coefficient (Wildman–Crippen LogP) is 3.60. The van der Waals surface area contributed by atoms with E-state index in [2.05, 4.69) is 10.2 Å². The summed E-state index contributed by atoms with van der Waals surface area (Å²) in [5.41, 5.74) is 2.28. The van der Waals surface area contributed by atoms with Crippen LogP contribution in [0, 0.1) is 5.82 Å². The molecule has 2 aromatic rings. The number of rotatable bonds is 4. The van der Waals surface area contributed by atoms with E-state index in [1.165, 1.54) is 6.07 Å². The van der Waals surface area contributed by atoms with Crippen LogP contribution in [0.2, 0.25) is 0 Å². The molecule has 0 saturated heterocycles. The molecule has 2 aromatic carbocycles. The first-order valence-electron chi connectivity index (χ1n) is 7.73. The first kappa shape index (κ1) is 15.4. The summed E-state index contributed by atoms with van der Waals surface area (Å²) in [6.07, 6.45) is 2.61. The summed E-state index contributed by atoms with van der Waals surface area (Å²) in [7, 11) is 0. The van der Waals surface area contributed by atoms with Gasteiger partial charge in [-0.15, -0.1) is 0 Å². The molecule has 4 heteroatoms. The Bertz CT molecular complexity index is 712. The second-order valence-electron chi connectivity index (χ2n) is 5.63. The molecule has 23 heavy (non-hydrogen) atoms. The molecule has 118 valence electrons. The average Bonchev–Trinajstić information content (AvgIpc) is 2.58. The fourth-order valence-electron chi connectivity index (χ4n) is 2.66. The quantitative estimate of drug-likeness (QED) is 0.936. The van der Waals surface area contributed by atoms with E-state index in [1.54, 1.807) is 12.1 Å². The number of para-hydroxylation sites is 1.